The van der Waals surface area contributed by atoms with Gasteiger partial charge in [-0.3, -0.25) is 0 Å². The Morgan fingerprint density at radius 3 is 2.70 bits per heavy atom. The van der Waals surface area contributed by atoms with Crippen LogP contribution in [0.1, 0.15) is 17.0 Å². The van der Waals surface area contributed by atoms with Crippen LogP contribution >= 0.6 is 11.6 Å². The van der Waals surface area contributed by atoms with Crippen molar-refractivity contribution in [2.75, 3.05) is 6.54 Å². The summed E-state index contributed by atoms with van der Waals surface area (Å²) in [7, 11) is 0. The average Bonchev–Trinajstić information content (AvgIpc) is 2.84. The molecule has 2 N–H and O–H groups in total. The maximum atomic E-state index is 11.6. The lowest BCUT2D eigenvalue weighted by Gasteiger charge is -2.06. The monoisotopic (exact) mass is 293 g/mol. The predicted molar refractivity (Wildman–Crippen MR) is 76.6 cm³/mol. The lowest BCUT2D eigenvalue weighted by molar-refractivity contribution is 0.240. The van der Waals surface area contributed by atoms with E-state index in [1.54, 1.807) is 12.1 Å². The summed E-state index contributed by atoms with van der Waals surface area (Å²) in [5.41, 5.74) is 1.84. The molecular weight excluding hydrogens is 278 g/mol. The van der Waals surface area contributed by atoms with Gasteiger partial charge in [-0.1, -0.05) is 28.9 Å². The van der Waals surface area contributed by atoms with Crippen LogP contribution in [0.3, 0.4) is 0 Å². The first-order valence-corrected chi connectivity index (χ1v) is 6.69. The van der Waals surface area contributed by atoms with Gasteiger partial charge in [-0.15, -0.1) is 0 Å². The van der Waals surface area contributed by atoms with Gasteiger partial charge >= 0.3 is 6.03 Å². The quantitative estimate of drug-likeness (QED) is 0.890. The zero-order chi connectivity index (χ0) is 14.4. The highest BCUT2D eigenvalue weighted by atomic mass is 35.5. The number of carbonyl (C=O) groups is 1. The molecule has 0 radical (unpaired) electrons. The van der Waals surface area contributed by atoms with Gasteiger partial charge in [-0.2, -0.15) is 0 Å². The largest absolute Gasteiger partial charge is 0.361 e. The lowest BCUT2D eigenvalue weighted by atomic mass is 10.2. The van der Waals surface area contributed by atoms with Crippen molar-refractivity contribution in [3.63, 3.8) is 0 Å². The Balaban J connectivity index is 1.66. The minimum atomic E-state index is -0.212. The molecule has 0 unspecified atom stereocenters. The molecule has 106 valence electrons. The van der Waals surface area contributed by atoms with Crippen molar-refractivity contribution in [2.45, 2.75) is 19.9 Å². The third kappa shape index (κ3) is 4.59. The van der Waals surface area contributed by atoms with Gasteiger partial charge in [0, 0.05) is 30.6 Å². The Labute approximate surface area is 122 Å². The number of amides is 2. The van der Waals surface area contributed by atoms with E-state index in [9.17, 15) is 4.79 Å². The van der Waals surface area contributed by atoms with Crippen LogP contribution in [0.5, 0.6) is 0 Å². The van der Waals surface area contributed by atoms with E-state index < -0.39 is 0 Å². The van der Waals surface area contributed by atoms with Crippen molar-refractivity contribution in [2.24, 2.45) is 0 Å². The zero-order valence-corrected chi connectivity index (χ0v) is 11.9. The molecule has 1 aromatic carbocycles. The predicted octanol–water partition coefficient (Wildman–Crippen LogP) is 2.68. The first kappa shape index (κ1) is 14.4. The maximum absolute atomic E-state index is 11.6. The molecule has 5 nitrogen and oxygen atoms in total. The van der Waals surface area contributed by atoms with Crippen molar-refractivity contribution in [3.05, 3.63) is 52.4 Å². The Hall–Kier alpha value is -2.01. The molecule has 0 aliphatic heterocycles. The normalized spacial score (nSPS) is 10.3. The molecule has 2 rings (SSSR count). The highest BCUT2D eigenvalue weighted by Gasteiger charge is 2.03. The van der Waals surface area contributed by atoms with Gasteiger partial charge in [0.05, 0.1) is 5.69 Å². The standard InChI is InChI=1S/C14H16ClN3O2/c1-10-8-13(20-18-10)6-7-16-14(19)17-9-11-2-4-12(15)5-3-11/h2-5,8H,6-7,9H2,1H3,(H2,16,17,19). The fourth-order valence-corrected chi connectivity index (χ4v) is 1.81. The SMILES string of the molecule is Cc1cc(CCNC(=O)NCc2ccc(Cl)cc2)on1. The van der Waals surface area contributed by atoms with Crippen LogP contribution in [0.4, 0.5) is 4.79 Å². The number of benzene rings is 1. The van der Waals surface area contributed by atoms with Crippen LogP contribution in [0.2, 0.25) is 5.02 Å². The molecule has 0 saturated carbocycles. The molecular formula is C14H16ClN3O2. The van der Waals surface area contributed by atoms with Crippen molar-refractivity contribution in [1.29, 1.82) is 0 Å². The second-order valence-electron chi connectivity index (χ2n) is 4.42. The van der Waals surface area contributed by atoms with Gasteiger partial charge in [0.1, 0.15) is 5.76 Å². The Bertz CT molecular complexity index is 566. The lowest BCUT2D eigenvalue weighted by Crippen LogP contribution is -2.36. The van der Waals surface area contributed by atoms with E-state index >= 15 is 0 Å². The van der Waals surface area contributed by atoms with Crippen molar-refractivity contribution >= 4 is 17.6 Å². The minimum absolute atomic E-state index is 0.212. The van der Waals surface area contributed by atoms with Gasteiger partial charge in [-0.05, 0) is 24.6 Å². The van der Waals surface area contributed by atoms with Gasteiger partial charge < -0.3 is 15.2 Å². The number of hydrogen-bond acceptors (Lipinski definition) is 3. The maximum Gasteiger partial charge on any atom is 0.315 e. The minimum Gasteiger partial charge on any atom is -0.361 e. The number of nitrogens with zero attached hydrogens (tertiary/aromatic N) is 1. The summed E-state index contributed by atoms with van der Waals surface area (Å²) in [6, 6.07) is 8.98. The Morgan fingerprint density at radius 1 is 1.30 bits per heavy atom. The summed E-state index contributed by atoms with van der Waals surface area (Å²) in [5, 5.41) is 9.99. The molecule has 0 atom stereocenters. The molecule has 6 heteroatoms. The van der Waals surface area contributed by atoms with Gasteiger partial charge in [-0.25, -0.2) is 4.79 Å². The number of aryl methyl sites for hydroxylation is 1. The molecule has 1 aromatic heterocycles. The van der Waals surface area contributed by atoms with Crippen LogP contribution in [0, 0.1) is 6.92 Å². The van der Waals surface area contributed by atoms with Crippen LogP contribution in [-0.4, -0.2) is 17.7 Å². The summed E-state index contributed by atoms with van der Waals surface area (Å²) in [5.74, 6) is 0.764. The fourth-order valence-electron chi connectivity index (χ4n) is 1.68. The van der Waals surface area contributed by atoms with E-state index in [0.717, 1.165) is 17.0 Å². The molecule has 2 amide bonds. The molecule has 0 aliphatic carbocycles. The topological polar surface area (TPSA) is 67.2 Å². The molecule has 0 bridgehead atoms. The number of halogens is 1. The van der Waals surface area contributed by atoms with Gasteiger partial charge in [0.15, 0.2) is 0 Å². The third-order valence-electron chi connectivity index (χ3n) is 2.70. The molecule has 0 spiro atoms. The number of aromatic nitrogens is 1. The molecule has 0 saturated heterocycles. The van der Waals surface area contributed by atoms with Gasteiger partial charge in [0.25, 0.3) is 0 Å². The Kier molecular flexibility index (Phi) is 5.01. The first-order chi connectivity index (χ1) is 9.63. The third-order valence-corrected chi connectivity index (χ3v) is 2.95. The average molecular weight is 294 g/mol. The van der Waals surface area contributed by atoms with Crippen LogP contribution < -0.4 is 10.6 Å². The summed E-state index contributed by atoms with van der Waals surface area (Å²) in [6.45, 7) is 2.82. The molecule has 1 heterocycles. The van der Waals surface area contributed by atoms with Crippen LogP contribution in [0.15, 0.2) is 34.9 Å². The van der Waals surface area contributed by atoms with Gasteiger partial charge in [0.2, 0.25) is 0 Å². The molecule has 20 heavy (non-hydrogen) atoms. The Morgan fingerprint density at radius 2 is 2.05 bits per heavy atom. The molecule has 0 fully saturated rings. The van der Waals surface area contributed by atoms with E-state index in [4.69, 9.17) is 16.1 Å². The number of carbonyl (C=O) groups excluding carboxylic acids is 1. The van der Waals surface area contributed by atoms with Crippen molar-refractivity contribution in [1.82, 2.24) is 15.8 Å². The van der Waals surface area contributed by atoms with E-state index in [-0.39, 0.29) is 6.03 Å². The van der Waals surface area contributed by atoms with Crippen LogP contribution in [-0.2, 0) is 13.0 Å². The summed E-state index contributed by atoms with van der Waals surface area (Å²) in [6.07, 6.45) is 0.620. The number of rotatable bonds is 5. The molecule has 0 aliphatic rings. The summed E-state index contributed by atoms with van der Waals surface area (Å²) in [4.78, 5) is 11.6. The number of hydrogen-bond donors (Lipinski definition) is 2. The van der Waals surface area contributed by atoms with E-state index in [2.05, 4.69) is 15.8 Å². The smallest absolute Gasteiger partial charge is 0.315 e. The highest BCUT2D eigenvalue weighted by molar-refractivity contribution is 6.30. The number of nitrogens with one attached hydrogen (secondary N) is 2. The summed E-state index contributed by atoms with van der Waals surface area (Å²) < 4.78 is 5.05. The zero-order valence-electron chi connectivity index (χ0n) is 11.1. The van der Waals surface area contributed by atoms with Crippen molar-refractivity contribution < 1.29 is 9.32 Å². The van der Waals surface area contributed by atoms with E-state index in [1.807, 2.05) is 25.1 Å². The van der Waals surface area contributed by atoms with E-state index in [1.165, 1.54) is 0 Å². The highest BCUT2D eigenvalue weighted by Crippen LogP contribution is 2.09. The van der Waals surface area contributed by atoms with Crippen molar-refractivity contribution in [3.8, 4) is 0 Å². The van der Waals surface area contributed by atoms with E-state index in [0.29, 0.717) is 24.5 Å². The second-order valence-corrected chi connectivity index (χ2v) is 4.86. The first-order valence-electron chi connectivity index (χ1n) is 6.32. The fraction of sp³-hybridized carbons (Fsp3) is 0.286. The van der Waals surface area contributed by atoms with Crippen LogP contribution in [0.25, 0.3) is 0 Å². The summed E-state index contributed by atoms with van der Waals surface area (Å²) >= 11 is 5.79. The number of urea groups is 1. The molecule has 2 aromatic rings. The second kappa shape index (κ2) is 6.96.